The molecule has 1 aliphatic carbocycles. The summed E-state index contributed by atoms with van der Waals surface area (Å²) in [5.41, 5.74) is 7.47. The minimum atomic E-state index is -0.125. The van der Waals surface area contributed by atoms with E-state index in [-0.39, 0.29) is 11.9 Å². The maximum Gasteiger partial charge on any atom is 0.146 e. The monoisotopic (exact) mass is 292 g/mol. The van der Waals surface area contributed by atoms with Crippen molar-refractivity contribution < 1.29 is 4.39 Å². The van der Waals surface area contributed by atoms with E-state index in [1.807, 2.05) is 19.1 Å². The zero-order chi connectivity index (χ0) is 15.4. The maximum atomic E-state index is 14.5. The predicted octanol–water partition coefficient (Wildman–Crippen LogP) is 4.64. The number of rotatable bonds is 6. The van der Waals surface area contributed by atoms with Crippen molar-refractivity contribution >= 4 is 5.69 Å². The number of benzene rings is 1. The fourth-order valence-electron chi connectivity index (χ4n) is 3.15. The molecule has 2 rings (SSSR count). The average molecular weight is 292 g/mol. The van der Waals surface area contributed by atoms with Crippen LogP contribution in [0.2, 0.25) is 0 Å². The van der Waals surface area contributed by atoms with Crippen LogP contribution < -0.4 is 10.6 Å². The molecule has 1 aliphatic rings. The van der Waals surface area contributed by atoms with Gasteiger partial charge in [-0.25, -0.2) is 4.39 Å². The molecule has 0 aromatic heterocycles. The van der Waals surface area contributed by atoms with Crippen LogP contribution in [0, 0.1) is 11.7 Å². The zero-order valence-electron chi connectivity index (χ0n) is 13.6. The Kier molecular flexibility index (Phi) is 5.63. The van der Waals surface area contributed by atoms with E-state index in [1.165, 1.54) is 25.7 Å². The summed E-state index contributed by atoms with van der Waals surface area (Å²) in [6.07, 6.45) is 6.01. The first-order chi connectivity index (χ1) is 9.99. The Morgan fingerprint density at radius 1 is 1.24 bits per heavy atom. The summed E-state index contributed by atoms with van der Waals surface area (Å²) in [5, 5.41) is 0. The molecule has 0 heterocycles. The van der Waals surface area contributed by atoms with E-state index in [2.05, 4.69) is 18.7 Å². The molecule has 0 bridgehead atoms. The van der Waals surface area contributed by atoms with Crippen molar-refractivity contribution in [3.63, 3.8) is 0 Å². The topological polar surface area (TPSA) is 29.3 Å². The van der Waals surface area contributed by atoms with E-state index in [4.69, 9.17) is 5.73 Å². The SMILES string of the molecule is CC(C)CCN(c1ccc([C@H](C)N)cc1F)C1CCCC1. The summed E-state index contributed by atoms with van der Waals surface area (Å²) < 4.78 is 14.5. The van der Waals surface area contributed by atoms with Gasteiger partial charge in [0.25, 0.3) is 0 Å². The molecular formula is C18H29FN2. The first-order valence-electron chi connectivity index (χ1n) is 8.30. The lowest BCUT2D eigenvalue weighted by atomic mass is 10.0. The van der Waals surface area contributed by atoms with E-state index in [9.17, 15) is 4.39 Å². The van der Waals surface area contributed by atoms with Gasteiger partial charge in [-0.2, -0.15) is 0 Å². The van der Waals surface area contributed by atoms with E-state index in [0.717, 1.165) is 24.2 Å². The Morgan fingerprint density at radius 2 is 1.90 bits per heavy atom. The van der Waals surface area contributed by atoms with E-state index >= 15 is 0 Å². The van der Waals surface area contributed by atoms with Crippen LogP contribution in [-0.4, -0.2) is 12.6 Å². The average Bonchev–Trinajstić information content (AvgIpc) is 2.94. The zero-order valence-corrected chi connectivity index (χ0v) is 13.6. The second kappa shape index (κ2) is 7.26. The van der Waals surface area contributed by atoms with Gasteiger partial charge in [-0.3, -0.25) is 0 Å². The van der Waals surface area contributed by atoms with Gasteiger partial charge in [0, 0.05) is 18.6 Å². The molecule has 1 aromatic carbocycles. The molecular weight excluding hydrogens is 263 g/mol. The van der Waals surface area contributed by atoms with Crippen molar-refractivity contribution in [2.75, 3.05) is 11.4 Å². The third-order valence-electron chi connectivity index (χ3n) is 4.52. The Bertz CT molecular complexity index is 451. The number of hydrogen-bond acceptors (Lipinski definition) is 2. The molecule has 118 valence electrons. The number of nitrogens with two attached hydrogens (primary N) is 1. The lowest BCUT2D eigenvalue weighted by Gasteiger charge is -2.32. The number of nitrogens with zero attached hydrogens (tertiary/aromatic N) is 1. The fraction of sp³-hybridized carbons (Fsp3) is 0.667. The van der Waals surface area contributed by atoms with Gasteiger partial charge in [-0.05, 0) is 49.8 Å². The van der Waals surface area contributed by atoms with Gasteiger partial charge in [-0.1, -0.05) is 32.8 Å². The van der Waals surface area contributed by atoms with Gasteiger partial charge < -0.3 is 10.6 Å². The summed E-state index contributed by atoms with van der Waals surface area (Å²) >= 11 is 0. The first kappa shape index (κ1) is 16.3. The lowest BCUT2D eigenvalue weighted by molar-refractivity contribution is 0.516. The minimum absolute atomic E-state index is 0.121. The van der Waals surface area contributed by atoms with Crippen LogP contribution in [0.15, 0.2) is 18.2 Å². The highest BCUT2D eigenvalue weighted by molar-refractivity contribution is 5.50. The smallest absolute Gasteiger partial charge is 0.146 e. The molecule has 0 aliphatic heterocycles. The molecule has 0 saturated heterocycles. The van der Waals surface area contributed by atoms with Gasteiger partial charge >= 0.3 is 0 Å². The third kappa shape index (κ3) is 4.19. The molecule has 1 atom stereocenters. The normalized spacial score (nSPS) is 17.4. The molecule has 2 N–H and O–H groups in total. The molecule has 1 saturated carbocycles. The summed E-state index contributed by atoms with van der Waals surface area (Å²) in [7, 11) is 0. The van der Waals surface area contributed by atoms with Gasteiger partial charge in [0.2, 0.25) is 0 Å². The first-order valence-corrected chi connectivity index (χ1v) is 8.30. The van der Waals surface area contributed by atoms with Gasteiger partial charge in [0.05, 0.1) is 5.69 Å². The fourth-order valence-corrected chi connectivity index (χ4v) is 3.15. The molecule has 21 heavy (non-hydrogen) atoms. The number of hydrogen-bond donors (Lipinski definition) is 1. The van der Waals surface area contributed by atoms with Crippen LogP contribution in [-0.2, 0) is 0 Å². The molecule has 1 fully saturated rings. The largest absolute Gasteiger partial charge is 0.366 e. The highest BCUT2D eigenvalue weighted by Crippen LogP contribution is 2.31. The molecule has 0 amide bonds. The van der Waals surface area contributed by atoms with Crippen molar-refractivity contribution in [3.8, 4) is 0 Å². The Morgan fingerprint density at radius 3 is 2.43 bits per heavy atom. The Balaban J connectivity index is 2.22. The molecule has 2 nitrogen and oxygen atoms in total. The van der Waals surface area contributed by atoms with E-state index in [0.29, 0.717) is 12.0 Å². The number of halogens is 1. The highest BCUT2D eigenvalue weighted by Gasteiger charge is 2.25. The summed E-state index contributed by atoms with van der Waals surface area (Å²) in [6.45, 7) is 7.28. The van der Waals surface area contributed by atoms with E-state index in [1.54, 1.807) is 6.07 Å². The summed E-state index contributed by atoms with van der Waals surface area (Å²) in [5.74, 6) is 0.515. The van der Waals surface area contributed by atoms with Crippen molar-refractivity contribution in [2.45, 2.75) is 65.0 Å². The molecule has 1 aromatic rings. The minimum Gasteiger partial charge on any atom is -0.366 e. The van der Waals surface area contributed by atoms with Crippen molar-refractivity contribution in [1.82, 2.24) is 0 Å². The quantitative estimate of drug-likeness (QED) is 0.827. The van der Waals surface area contributed by atoms with Crippen molar-refractivity contribution in [2.24, 2.45) is 11.7 Å². The standard InChI is InChI=1S/C18H29FN2/c1-13(2)10-11-21(16-6-4-5-7-16)18-9-8-15(14(3)20)12-17(18)19/h8-9,12-14,16H,4-7,10-11,20H2,1-3H3/t14-/m0/s1. The molecule has 0 radical (unpaired) electrons. The van der Waals surface area contributed by atoms with Gasteiger partial charge in [-0.15, -0.1) is 0 Å². The Labute approximate surface area is 128 Å². The van der Waals surface area contributed by atoms with Crippen LogP contribution in [0.1, 0.15) is 64.5 Å². The van der Waals surface area contributed by atoms with Gasteiger partial charge in [0.1, 0.15) is 5.82 Å². The van der Waals surface area contributed by atoms with Crippen molar-refractivity contribution in [1.29, 1.82) is 0 Å². The number of anilines is 1. The second-order valence-electron chi connectivity index (χ2n) is 6.81. The van der Waals surface area contributed by atoms with Crippen LogP contribution in [0.5, 0.6) is 0 Å². The van der Waals surface area contributed by atoms with Crippen LogP contribution >= 0.6 is 0 Å². The molecule has 0 unspecified atom stereocenters. The van der Waals surface area contributed by atoms with Crippen molar-refractivity contribution in [3.05, 3.63) is 29.6 Å². The highest BCUT2D eigenvalue weighted by atomic mass is 19.1. The lowest BCUT2D eigenvalue weighted by Crippen LogP contribution is -2.35. The molecule has 3 heteroatoms. The summed E-state index contributed by atoms with van der Waals surface area (Å²) in [4.78, 5) is 2.30. The van der Waals surface area contributed by atoms with Crippen LogP contribution in [0.25, 0.3) is 0 Å². The maximum absolute atomic E-state index is 14.5. The third-order valence-corrected chi connectivity index (χ3v) is 4.52. The van der Waals surface area contributed by atoms with Crippen LogP contribution in [0.4, 0.5) is 10.1 Å². The van der Waals surface area contributed by atoms with Crippen LogP contribution in [0.3, 0.4) is 0 Å². The second-order valence-corrected chi connectivity index (χ2v) is 6.81. The van der Waals surface area contributed by atoms with E-state index < -0.39 is 0 Å². The Hall–Kier alpha value is -1.09. The predicted molar refractivity (Wildman–Crippen MR) is 88.1 cm³/mol. The summed E-state index contributed by atoms with van der Waals surface area (Å²) in [6, 6.07) is 5.88. The molecule has 0 spiro atoms. The van der Waals surface area contributed by atoms with Gasteiger partial charge in [0.15, 0.2) is 0 Å².